The highest BCUT2D eigenvalue weighted by Crippen LogP contribution is 2.20. The maximum absolute atomic E-state index is 12.0. The van der Waals surface area contributed by atoms with Gasteiger partial charge in [-0.1, -0.05) is 0 Å². The highest BCUT2D eigenvalue weighted by molar-refractivity contribution is 5.98. The lowest BCUT2D eigenvalue weighted by Gasteiger charge is -2.04. The third-order valence-electron chi connectivity index (χ3n) is 3.28. The molecule has 0 aliphatic rings. The van der Waals surface area contributed by atoms with Crippen LogP contribution in [0.4, 0.5) is 0 Å². The molecule has 2 amide bonds. The molecular weight excluding hydrogens is 312 g/mol. The topological polar surface area (TPSA) is 109 Å². The van der Waals surface area contributed by atoms with Gasteiger partial charge in [-0.2, -0.15) is 5.10 Å². The van der Waals surface area contributed by atoms with Crippen LogP contribution in [0.15, 0.2) is 53.3 Å². The molecule has 0 unspecified atom stereocenters. The van der Waals surface area contributed by atoms with Crippen molar-refractivity contribution in [3.8, 4) is 17.0 Å². The van der Waals surface area contributed by atoms with Gasteiger partial charge >= 0.3 is 0 Å². The average molecular weight is 326 g/mol. The molecule has 0 aliphatic heterocycles. The predicted molar refractivity (Wildman–Crippen MR) is 84.2 cm³/mol. The Hall–Kier alpha value is -3.55. The first-order valence-corrected chi connectivity index (χ1v) is 7.00. The van der Waals surface area contributed by atoms with E-state index in [-0.39, 0.29) is 5.69 Å². The van der Waals surface area contributed by atoms with Crippen molar-refractivity contribution < 1.29 is 18.7 Å². The van der Waals surface area contributed by atoms with Crippen molar-refractivity contribution in [2.24, 2.45) is 0 Å². The number of carbonyl (C=O) groups is 2. The smallest absolute Gasteiger partial charge is 0.287 e. The van der Waals surface area contributed by atoms with Crippen molar-refractivity contribution in [2.45, 2.75) is 0 Å². The van der Waals surface area contributed by atoms with Crippen LogP contribution in [0.1, 0.15) is 20.8 Å². The minimum atomic E-state index is -0.515. The molecule has 8 heteroatoms. The average Bonchev–Trinajstić information content (AvgIpc) is 3.31. The fourth-order valence-corrected chi connectivity index (χ4v) is 1.99. The second kappa shape index (κ2) is 6.69. The van der Waals surface area contributed by atoms with Crippen LogP contribution in [-0.2, 0) is 0 Å². The van der Waals surface area contributed by atoms with Crippen molar-refractivity contribution in [1.29, 1.82) is 0 Å². The number of aromatic amines is 1. The van der Waals surface area contributed by atoms with Gasteiger partial charge in [0.15, 0.2) is 0 Å². The van der Waals surface area contributed by atoms with Crippen LogP contribution in [0.5, 0.6) is 5.75 Å². The molecule has 0 saturated carbocycles. The van der Waals surface area contributed by atoms with Crippen LogP contribution in [0.3, 0.4) is 0 Å². The summed E-state index contributed by atoms with van der Waals surface area (Å²) in [6, 6.07) is 10.3. The summed E-state index contributed by atoms with van der Waals surface area (Å²) in [6.07, 6.45) is 2.65. The number of carbonyl (C=O) groups excluding carboxylic acids is 2. The van der Waals surface area contributed by atoms with Gasteiger partial charge in [-0.15, -0.1) is 0 Å². The molecule has 3 aromatic rings. The van der Waals surface area contributed by atoms with E-state index in [1.807, 2.05) is 12.1 Å². The van der Waals surface area contributed by atoms with Crippen molar-refractivity contribution in [2.75, 3.05) is 7.11 Å². The zero-order valence-corrected chi connectivity index (χ0v) is 12.7. The first-order valence-electron chi connectivity index (χ1n) is 7.00. The van der Waals surface area contributed by atoms with Crippen LogP contribution in [-0.4, -0.2) is 29.1 Å². The van der Waals surface area contributed by atoms with Gasteiger partial charge in [0.1, 0.15) is 17.7 Å². The number of rotatable bonds is 4. The van der Waals surface area contributed by atoms with Crippen LogP contribution in [0.25, 0.3) is 11.3 Å². The number of amides is 2. The summed E-state index contributed by atoms with van der Waals surface area (Å²) in [4.78, 5) is 23.7. The minimum Gasteiger partial charge on any atom is -0.497 e. The molecular formula is C16H14N4O4. The molecule has 122 valence electrons. The Morgan fingerprint density at radius 1 is 1.12 bits per heavy atom. The van der Waals surface area contributed by atoms with Gasteiger partial charge in [0.25, 0.3) is 11.8 Å². The fraction of sp³-hybridized carbons (Fsp3) is 0.0625. The summed E-state index contributed by atoms with van der Waals surface area (Å²) >= 11 is 0. The van der Waals surface area contributed by atoms with Gasteiger partial charge < -0.3 is 9.15 Å². The van der Waals surface area contributed by atoms with Crippen molar-refractivity contribution in [1.82, 2.24) is 21.0 Å². The number of nitrogens with zero attached hydrogens (tertiary/aromatic N) is 1. The van der Waals surface area contributed by atoms with Gasteiger partial charge in [-0.05, 0) is 36.4 Å². The van der Waals surface area contributed by atoms with E-state index in [4.69, 9.17) is 9.15 Å². The first kappa shape index (κ1) is 15.3. The van der Waals surface area contributed by atoms with Crippen LogP contribution in [0, 0.1) is 0 Å². The van der Waals surface area contributed by atoms with E-state index in [1.54, 1.807) is 25.3 Å². The molecule has 0 radical (unpaired) electrons. The third kappa shape index (κ3) is 3.27. The van der Waals surface area contributed by atoms with Gasteiger partial charge in [0, 0.05) is 5.56 Å². The predicted octanol–water partition coefficient (Wildman–Crippen LogP) is 1.75. The number of aromatic nitrogens is 2. The van der Waals surface area contributed by atoms with E-state index in [2.05, 4.69) is 21.0 Å². The maximum atomic E-state index is 12.0. The van der Waals surface area contributed by atoms with Crippen LogP contribution < -0.4 is 15.6 Å². The molecule has 3 rings (SSSR count). The van der Waals surface area contributed by atoms with E-state index >= 15 is 0 Å². The quantitative estimate of drug-likeness (QED) is 0.633. The number of hydrogen-bond donors (Lipinski definition) is 3. The monoisotopic (exact) mass is 326 g/mol. The lowest BCUT2D eigenvalue weighted by Crippen LogP contribution is -2.41. The van der Waals surface area contributed by atoms with Gasteiger partial charge in [-0.25, -0.2) is 0 Å². The van der Waals surface area contributed by atoms with Gasteiger partial charge in [0.2, 0.25) is 0 Å². The molecule has 3 N–H and O–H groups in total. The van der Waals surface area contributed by atoms with E-state index < -0.39 is 11.8 Å². The number of methoxy groups -OCH3 is 1. The Kier molecular flexibility index (Phi) is 4.28. The highest BCUT2D eigenvalue weighted by Gasteiger charge is 2.13. The molecule has 2 aromatic heterocycles. The van der Waals surface area contributed by atoms with Crippen LogP contribution >= 0.6 is 0 Å². The molecule has 24 heavy (non-hydrogen) atoms. The van der Waals surface area contributed by atoms with Crippen molar-refractivity contribution in [3.63, 3.8) is 0 Å². The second-order valence-corrected chi connectivity index (χ2v) is 4.82. The number of nitrogens with one attached hydrogen (secondary N) is 3. The summed E-state index contributed by atoms with van der Waals surface area (Å²) < 4.78 is 9.89. The fourth-order valence-electron chi connectivity index (χ4n) is 1.99. The zero-order chi connectivity index (χ0) is 16.9. The zero-order valence-electron chi connectivity index (χ0n) is 12.7. The van der Waals surface area contributed by atoms with Gasteiger partial charge in [-0.3, -0.25) is 25.5 Å². The largest absolute Gasteiger partial charge is 0.497 e. The summed E-state index contributed by atoms with van der Waals surface area (Å²) in [5, 5.41) is 6.71. The molecule has 0 bridgehead atoms. The molecule has 2 heterocycles. The Bertz CT molecular complexity index is 837. The van der Waals surface area contributed by atoms with E-state index in [1.165, 1.54) is 18.6 Å². The first-order chi connectivity index (χ1) is 11.7. The van der Waals surface area contributed by atoms with Gasteiger partial charge in [0.05, 0.1) is 24.6 Å². The summed E-state index contributed by atoms with van der Waals surface area (Å²) in [5.74, 6) is -0.264. The molecule has 8 nitrogen and oxygen atoms in total. The maximum Gasteiger partial charge on any atom is 0.287 e. The number of H-pyrrole nitrogens is 1. The third-order valence-corrected chi connectivity index (χ3v) is 3.28. The Balaban J connectivity index is 1.64. The molecule has 1 aromatic carbocycles. The standard InChI is InChI=1S/C16H14N4O4/c1-23-12-4-2-10(3-5-12)13-8-14(18-17-13)16(22)20-19-15(21)11-6-7-24-9-11/h2-9H,1H3,(H,17,18)(H,19,21)(H,20,22). The number of furan rings is 1. The molecule has 0 aliphatic carbocycles. The molecule has 0 atom stereocenters. The number of hydrogen-bond acceptors (Lipinski definition) is 5. The van der Waals surface area contributed by atoms with Crippen molar-refractivity contribution >= 4 is 11.8 Å². The number of ether oxygens (including phenoxy) is 1. The Labute approximate surface area is 136 Å². The number of benzene rings is 1. The van der Waals surface area contributed by atoms with Crippen LogP contribution in [0.2, 0.25) is 0 Å². The molecule has 0 fully saturated rings. The summed E-state index contributed by atoms with van der Waals surface area (Å²) in [5.41, 5.74) is 6.53. The lowest BCUT2D eigenvalue weighted by atomic mass is 10.1. The van der Waals surface area contributed by atoms with E-state index in [0.29, 0.717) is 11.3 Å². The Morgan fingerprint density at radius 2 is 1.88 bits per heavy atom. The second-order valence-electron chi connectivity index (χ2n) is 4.82. The Morgan fingerprint density at radius 3 is 2.54 bits per heavy atom. The SMILES string of the molecule is COc1ccc(-c2cc(C(=O)NNC(=O)c3ccoc3)[nH]n2)cc1. The summed E-state index contributed by atoms with van der Waals surface area (Å²) in [6.45, 7) is 0. The van der Waals surface area contributed by atoms with E-state index in [9.17, 15) is 9.59 Å². The molecule has 0 spiro atoms. The normalized spacial score (nSPS) is 10.2. The molecule has 0 saturated heterocycles. The summed E-state index contributed by atoms with van der Waals surface area (Å²) in [7, 11) is 1.59. The number of hydrazine groups is 1. The lowest BCUT2D eigenvalue weighted by molar-refractivity contribution is 0.0843. The highest BCUT2D eigenvalue weighted by atomic mass is 16.5. The van der Waals surface area contributed by atoms with Crippen molar-refractivity contribution in [3.05, 3.63) is 60.2 Å². The van der Waals surface area contributed by atoms with E-state index in [0.717, 1.165) is 11.3 Å². The minimum absolute atomic E-state index is 0.216.